The van der Waals surface area contributed by atoms with Gasteiger partial charge in [-0.2, -0.15) is 0 Å². The van der Waals surface area contributed by atoms with Gasteiger partial charge in [-0.15, -0.1) is 0 Å². The van der Waals surface area contributed by atoms with Crippen LogP contribution in [0.25, 0.3) is 0 Å². The van der Waals surface area contributed by atoms with E-state index in [1.165, 1.54) is 23.5 Å². The van der Waals surface area contributed by atoms with Crippen LogP contribution in [0.4, 0.5) is 4.39 Å². The molecule has 18 heavy (non-hydrogen) atoms. The van der Waals surface area contributed by atoms with Crippen LogP contribution in [0.2, 0.25) is 0 Å². The van der Waals surface area contributed by atoms with Gasteiger partial charge in [-0.05, 0) is 31.0 Å². The second kappa shape index (κ2) is 5.93. The lowest BCUT2D eigenvalue weighted by atomic mass is 10.1. The smallest absolute Gasteiger partial charge is 0.304 e. The van der Waals surface area contributed by atoms with E-state index in [1.807, 2.05) is 5.38 Å². The van der Waals surface area contributed by atoms with Crippen molar-refractivity contribution in [3.8, 4) is 0 Å². The summed E-state index contributed by atoms with van der Waals surface area (Å²) in [6.45, 7) is 2.70. The quantitative estimate of drug-likeness (QED) is 0.872. The van der Waals surface area contributed by atoms with Gasteiger partial charge in [0.15, 0.2) is 0 Å². The second-order valence-corrected chi connectivity index (χ2v) is 5.13. The van der Waals surface area contributed by atoms with E-state index in [2.05, 4.69) is 17.2 Å². The lowest BCUT2D eigenvalue weighted by molar-refractivity contribution is 0.540. The molecule has 1 atom stereocenters. The summed E-state index contributed by atoms with van der Waals surface area (Å²) in [5.74, 6) is -0.213. The molecule has 2 N–H and O–H groups in total. The molecule has 0 spiro atoms. The molecule has 0 bridgehead atoms. The van der Waals surface area contributed by atoms with Gasteiger partial charge in [0.25, 0.3) is 0 Å². The number of thiazole rings is 1. The van der Waals surface area contributed by atoms with Gasteiger partial charge in [-0.1, -0.05) is 23.5 Å². The number of H-pyrrole nitrogens is 1. The number of rotatable bonds is 5. The summed E-state index contributed by atoms with van der Waals surface area (Å²) < 4.78 is 12.7. The average molecular weight is 266 g/mol. The maximum absolute atomic E-state index is 12.7. The number of benzene rings is 1. The van der Waals surface area contributed by atoms with Crippen LogP contribution >= 0.6 is 11.3 Å². The van der Waals surface area contributed by atoms with Crippen LogP contribution in [-0.4, -0.2) is 11.0 Å². The highest BCUT2D eigenvalue weighted by Crippen LogP contribution is 2.06. The van der Waals surface area contributed by atoms with E-state index in [1.54, 1.807) is 12.1 Å². The minimum absolute atomic E-state index is 0.0296. The highest BCUT2D eigenvalue weighted by Gasteiger charge is 2.04. The topological polar surface area (TPSA) is 44.9 Å². The van der Waals surface area contributed by atoms with Gasteiger partial charge in [0.05, 0.1) is 0 Å². The molecule has 0 aliphatic heterocycles. The molecule has 2 rings (SSSR count). The van der Waals surface area contributed by atoms with Crippen molar-refractivity contribution in [3.05, 3.63) is 56.4 Å². The van der Waals surface area contributed by atoms with Crippen LogP contribution in [-0.2, 0) is 13.0 Å². The molecule has 1 unspecified atom stereocenters. The Hall–Kier alpha value is -1.46. The number of hydrogen-bond donors (Lipinski definition) is 2. The first-order valence-electron chi connectivity index (χ1n) is 5.78. The van der Waals surface area contributed by atoms with Crippen molar-refractivity contribution in [2.75, 3.05) is 0 Å². The predicted molar refractivity (Wildman–Crippen MR) is 71.3 cm³/mol. The Balaban J connectivity index is 1.83. The van der Waals surface area contributed by atoms with Gasteiger partial charge in [0.2, 0.25) is 0 Å². The van der Waals surface area contributed by atoms with E-state index >= 15 is 0 Å². The first-order chi connectivity index (χ1) is 8.63. The Morgan fingerprint density at radius 2 is 2.11 bits per heavy atom. The van der Waals surface area contributed by atoms with Crippen molar-refractivity contribution in [3.63, 3.8) is 0 Å². The lowest BCUT2D eigenvalue weighted by Gasteiger charge is -2.13. The molecule has 0 amide bonds. The number of hydrogen-bond acceptors (Lipinski definition) is 3. The van der Waals surface area contributed by atoms with Gasteiger partial charge in [-0.25, -0.2) is 4.39 Å². The molecule has 2 aromatic rings. The van der Waals surface area contributed by atoms with Gasteiger partial charge in [0, 0.05) is 23.7 Å². The van der Waals surface area contributed by atoms with E-state index in [9.17, 15) is 9.18 Å². The van der Waals surface area contributed by atoms with E-state index in [-0.39, 0.29) is 16.7 Å². The fourth-order valence-electron chi connectivity index (χ4n) is 1.73. The summed E-state index contributed by atoms with van der Waals surface area (Å²) in [5, 5.41) is 5.14. The molecule has 0 saturated heterocycles. The molecule has 0 saturated carbocycles. The molecule has 1 heterocycles. The molecule has 0 radical (unpaired) electrons. The summed E-state index contributed by atoms with van der Waals surface area (Å²) in [6, 6.07) is 6.79. The molecule has 0 aliphatic rings. The zero-order valence-electron chi connectivity index (χ0n) is 10.1. The molecule has 96 valence electrons. The first-order valence-corrected chi connectivity index (χ1v) is 6.66. The normalized spacial score (nSPS) is 12.6. The predicted octanol–water partition coefficient (Wildman–Crippen LogP) is 2.30. The molecule has 5 heteroatoms. The second-order valence-electron chi connectivity index (χ2n) is 4.29. The fraction of sp³-hybridized carbons (Fsp3) is 0.308. The Morgan fingerprint density at radius 3 is 2.72 bits per heavy atom. The zero-order chi connectivity index (χ0) is 13.0. The van der Waals surface area contributed by atoms with Crippen molar-refractivity contribution in [1.82, 2.24) is 10.3 Å². The molecular formula is C13H15FN2OS. The van der Waals surface area contributed by atoms with Crippen molar-refractivity contribution < 1.29 is 4.39 Å². The number of halogens is 1. The van der Waals surface area contributed by atoms with E-state index in [0.717, 1.165) is 17.7 Å². The minimum atomic E-state index is -0.213. The SMILES string of the molecule is CC(Cc1ccc(F)cc1)NCc1csc(=O)[nH]1. The highest BCUT2D eigenvalue weighted by molar-refractivity contribution is 7.07. The highest BCUT2D eigenvalue weighted by atomic mass is 32.1. The standard InChI is InChI=1S/C13H15FN2OS/c1-9(6-10-2-4-11(14)5-3-10)15-7-12-8-18-13(17)16-12/h2-5,8-9,15H,6-7H2,1H3,(H,16,17). The Kier molecular flexibility index (Phi) is 4.28. The van der Waals surface area contributed by atoms with Crippen LogP contribution in [0.15, 0.2) is 34.4 Å². The fourth-order valence-corrected chi connectivity index (χ4v) is 2.31. The Bertz CT molecular complexity index is 547. The number of nitrogens with one attached hydrogen (secondary N) is 2. The molecular weight excluding hydrogens is 251 g/mol. The number of aromatic nitrogens is 1. The molecule has 3 nitrogen and oxygen atoms in total. The lowest BCUT2D eigenvalue weighted by Crippen LogP contribution is -2.27. The maximum Gasteiger partial charge on any atom is 0.304 e. The van der Waals surface area contributed by atoms with Crippen molar-refractivity contribution in [1.29, 1.82) is 0 Å². The third kappa shape index (κ3) is 3.78. The Labute approximate surface area is 109 Å². The van der Waals surface area contributed by atoms with Crippen molar-refractivity contribution in [2.45, 2.75) is 25.9 Å². The average Bonchev–Trinajstić information content (AvgIpc) is 2.76. The summed E-state index contributed by atoms with van der Waals surface area (Å²) >= 11 is 1.17. The summed E-state index contributed by atoms with van der Waals surface area (Å²) in [5.41, 5.74) is 1.99. The number of aromatic amines is 1. The van der Waals surface area contributed by atoms with E-state index in [4.69, 9.17) is 0 Å². The summed E-state index contributed by atoms with van der Waals surface area (Å²) in [4.78, 5) is 13.7. The molecule has 0 aliphatic carbocycles. The van der Waals surface area contributed by atoms with E-state index < -0.39 is 0 Å². The van der Waals surface area contributed by atoms with Crippen LogP contribution in [0.1, 0.15) is 18.2 Å². The third-order valence-corrected chi connectivity index (χ3v) is 3.39. The maximum atomic E-state index is 12.7. The van der Waals surface area contributed by atoms with Gasteiger partial charge in [-0.3, -0.25) is 4.79 Å². The van der Waals surface area contributed by atoms with E-state index in [0.29, 0.717) is 6.54 Å². The van der Waals surface area contributed by atoms with Crippen molar-refractivity contribution in [2.24, 2.45) is 0 Å². The first kappa shape index (κ1) is 13.0. The largest absolute Gasteiger partial charge is 0.315 e. The van der Waals surface area contributed by atoms with Gasteiger partial charge < -0.3 is 10.3 Å². The van der Waals surface area contributed by atoms with Crippen molar-refractivity contribution >= 4 is 11.3 Å². The Morgan fingerprint density at radius 1 is 1.39 bits per heavy atom. The zero-order valence-corrected chi connectivity index (χ0v) is 10.9. The molecule has 1 aromatic carbocycles. The summed E-state index contributed by atoms with van der Waals surface area (Å²) in [7, 11) is 0. The monoisotopic (exact) mass is 266 g/mol. The van der Waals surface area contributed by atoms with Gasteiger partial charge in [0.1, 0.15) is 5.82 Å². The van der Waals surface area contributed by atoms with Crippen LogP contribution < -0.4 is 10.2 Å². The molecule has 1 aromatic heterocycles. The van der Waals surface area contributed by atoms with Crippen LogP contribution in [0, 0.1) is 5.82 Å². The van der Waals surface area contributed by atoms with Crippen LogP contribution in [0.3, 0.4) is 0 Å². The van der Waals surface area contributed by atoms with Gasteiger partial charge >= 0.3 is 4.87 Å². The van der Waals surface area contributed by atoms with Crippen LogP contribution in [0.5, 0.6) is 0 Å². The summed E-state index contributed by atoms with van der Waals surface area (Å²) in [6.07, 6.45) is 0.828. The third-order valence-electron chi connectivity index (χ3n) is 2.67. The minimum Gasteiger partial charge on any atom is -0.315 e. The molecule has 0 fully saturated rings.